The number of halogens is 2. The largest absolute Gasteiger partial charge is 0.497 e. The van der Waals surface area contributed by atoms with Gasteiger partial charge < -0.3 is 18.9 Å². The van der Waals surface area contributed by atoms with Crippen molar-refractivity contribution in [1.29, 1.82) is 0 Å². The van der Waals surface area contributed by atoms with E-state index in [1.54, 1.807) is 6.07 Å². The van der Waals surface area contributed by atoms with Crippen LogP contribution in [0.15, 0.2) is 42.5 Å². The van der Waals surface area contributed by atoms with E-state index in [4.69, 9.17) is 14.2 Å². The van der Waals surface area contributed by atoms with E-state index < -0.39 is 24.5 Å². The Kier molecular flexibility index (Phi) is 6.70. The average Bonchev–Trinajstić information content (AvgIpc) is 2.66. The Hall–Kier alpha value is -3.16. The Bertz CT molecular complexity index is 782. The molecule has 0 saturated heterocycles. The molecule has 1 atom stereocenters. The summed E-state index contributed by atoms with van der Waals surface area (Å²) in [6.45, 7) is -1.53. The molecule has 0 heterocycles. The monoisotopic (exact) mass is 380 g/mol. The number of hydrogen-bond donors (Lipinski definition) is 0. The Morgan fingerprint density at radius 2 is 1.41 bits per heavy atom. The zero-order valence-corrected chi connectivity index (χ0v) is 14.9. The zero-order chi connectivity index (χ0) is 20.0. The van der Waals surface area contributed by atoms with Crippen LogP contribution in [0.2, 0.25) is 0 Å². The number of ketones is 1. The van der Waals surface area contributed by atoms with Gasteiger partial charge in [0.1, 0.15) is 17.2 Å². The lowest BCUT2D eigenvalue weighted by atomic mass is 10.1. The third-order valence-corrected chi connectivity index (χ3v) is 3.60. The van der Waals surface area contributed by atoms with Gasteiger partial charge in [-0.25, -0.2) is 4.79 Å². The van der Waals surface area contributed by atoms with E-state index >= 15 is 0 Å². The number of Topliss-reactive ketones (excluding diaryl/α,β-unsaturated/α-hetero) is 1. The van der Waals surface area contributed by atoms with Crippen LogP contribution in [0.25, 0.3) is 0 Å². The molecule has 0 aliphatic heterocycles. The summed E-state index contributed by atoms with van der Waals surface area (Å²) in [5, 5.41) is 0. The zero-order valence-electron chi connectivity index (χ0n) is 14.9. The van der Waals surface area contributed by atoms with Crippen LogP contribution < -0.4 is 14.2 Å². The van der Waals surface area contributed by atoms with E-state index in [2.05, 4.69) is 4.74 Å². The highest BCUT2D eigenvalue weighted by molar-refractivity contribution is 6.01. The maximum Gasteiger partial charge on any atom is 0.387 e. The van der Waals surface area contributed by atoms with Gasteiger partial charge in [-0.05, 0) is 43.3 Å². The number of rotatable bonds is 8. The molecular formula is C19H18F2O6. The second kappa shape index (κ2) is 8.98. The molecule has 0 aliphatic carbocycles. The molecule has 0 unspecified atom stereocenters. The van der Waals surface area contributed by atoms with E-state index in [-0.39, 0.29) is 16.9 Å². The van der Waals surface area contributed by atoms with Crippen LogP contribution in [-0.4, -0.2) is 38.7 Å². The number of methoxy groups -OCH3 is 2. The smallest absolute Gasteiger partial charge is 0.387 e. The summed E-state index contributed by atoms with van der Waals surface area (Å²) >= 11 is 0. The van der Waals surface area contributed by atoms with Crippen LogP contribution in [0, 0.1) is 0 Å². The fourth-order valence-electron chi connectivity index (χ4n) is 2.24. The third-order valence-electron chi connectivity index (χ3n) is 3.60. The highest BCUT2D eigenvalue weighted by atomic mass is 19.3. The number of ether oxygens (including phenoxy) is 4. The van der Waals surface area contributed by atoms with Crippen LogP contribution in [0.1, 0.15) is 27.6 Å². The first-order chi connectivity index (χ1) is 12.8. The van der Waals surface area contributed by atoms with Crippen molar-refractivity contribution in [3.8, 4) is 17.2 Å². The van der Waals surface area contributed by atoms with Crippen molar-refractivity contribution in [1.82, 2.24) is 0 Å². The average molecular weight is 380 g/mol. The fourth-order valence-corrected chi connectivity index (χ4v) is 2.24. The number of carbonyl (C=O) groups is 2. The van der Waals surface area contributed by atoms with Crippen LogP contribution in [-0.2, 0) is 4.74 Å². The van der Waals surface area contributed by atoms with Gasteiger partial charge >= 0.3 is 12.6 Å². The molecule has 0 aliphatic rings. The van der Waals surface area contributed by atoms with Gasteiger partial charge in [0.25, 0.3) is 0 Å². The number of alkyl halides is 2. The lowest BCUT2D eigenvalue weighted by Crippen LogP contribution is -2.24. The number of hydrogen-bond acceptors (Lipinski definition) is 6. The summed E-state index contributed by atoms with van der Waals surface area (Å²) < 4.78 is 43.9. The van der Waals surface area contributed by atoms with Crippen LogP contribution in [0.3, 0.4) is 0 Å². The molecule has 0 spiro atoms. The topological polar surface area (TPSA) is 71.1 Å². The number of carbonyl (C=O) groups excluding carboxylic acids is 2. The van der Waals surface area contributed by atoms with Crippen molar-refractivity contribution in [3.63, 3.8) is 0 Å². The summed E-state index contributed by atoms with van der Waals surface area (Å²) in [4.78, 5) is 24.7. The van der Waals surface area contributed by atoms with Gasteiger partial charge in [0.15, 0.2) is 6.10 Å². The standard InChI is InChI=1S/C19H18F2O6/c1-11(17(22)12-4-6-14(7-5-12)27-19(20)21)26-18(23)13-8-15(24-2)10-16(9-13)25-3/h4-11,19H,1-3H3/t11-/m0/s1. The molecule has 2 aromatic carbocycles. The van der Waals surface area contributed by atoms with Gasteiger partial charge in [0.05, 0.1) is 19.8 Å². The van der Waals surface area contributed by atoms with E-state index in [0.717, 1.165) is 0 Å². The Balaban J connectivity index is 2.08. The number of benzene rings is 2. The van der Waals surface area contributed by atoms with Crippen LogP contribution in [0.4, 0.5) is 8.78 Å². The first-order valence-electron chi connectivity index (χ1n) is 7.87. The first kappa shape index (κ1) is 20.2. The third kappa shape index (κ3) is 5.40. The van der Waals surface area contributed by atoms with Crippen molar-refractivity contribution < 1.29 is 37.3 Å². The fraction of sp³-hybridized carbons (Fsp3) is 0.263. The number of esters is 1. The van der Waals surface area contributed by atoms with Gasteiger partial charge in [-0.2, -0.15) is 8.78 Å². The van der Waals surface area contributed by atoms with Crippen molar-refractivity contribution in [3.05, 3.63) is 53.6 Å². The minimum absolute atomic E-state index is 0.0744. The first-order valence-corrected chi connectivity index (χ1v) is 7.87. The molecule has 0 N–H and O–H groups in total. The lowest BCUT2D eigenvalue weighted by molar-refractivity contribution is -0.0498. The van der Waals surface area contributed by atoms with Crippen LogP contribution in [0.5, 0.6) is 17.2 Å². The Labute approximate surface area is 154 Å². The second-order valence-corrected chi connectivity index (χ2v) is 5.42. The van der Waals surface area contributed by atoms with Crippen LogP contribution >= 0.6 is 0 Å². The maximum atomic E-state index is 12.4. The normalized spacial score (nSPS) is 11.6. The van der Waals surface area contributed by atoms with Gasteiger partial charge in [0.2, 0.25) is 5.78 Å². The quantitative estimate of drug-likeness (QED) is 0.513. The van der Waals surface area contributed by atoms with Gasteiger partial charge in [-0.15, -0.1) is 0 Å². The molecular weight excluding hydrogens is 362 g/mol. The molecule has 0 bridgehead atoms. The minimum atomic E-state index is -2.95. The van der Waals surface area contributed by atoms with Gasteiger partial charge in [-0.1, -0.05) is 0 Å². The predicted molar refractivity (Wildman–Crippen MR) is 91.8 cm³/mol. The summed E-state index contributed by atoms with van der Waals surface area (Å²) in [6, 6.07) is 9.62. The lowest BCUT2D eigenvalue weighted by Gasteiger charge is -2.14. The molecule has 2 rings (SSSR count). The summed E-state index contributed by atoms with van der Waals surface area (Å²) in [7, 11) is 2.88. The molecule has 0 radical (unpaired) electrons. The van der Waals surface area contributed by atoms with E-state index in [1.165, 1.54) is 57.5 Å². The van der Waals surface area contributed by atoms with Crippen molar-refractivity contribution in [2.24, 2.45) is 0 Å². The van der Waals surface area contributed by atoms with Gasteiger partial charge in [0, 0.05) is 11.6 Å². The van der Waals surface area contributed by atoms with Crippen molar-refractivity contribution >= 4 is 11.8 Å². The molecule has 0 saturated carbocycles. The molecule has 6 nitrogen and oxygen atoms in total. The minimum Gasteiger partial charge on any atom is -0.497 e. The molecule has 0 amide bonds. The molecule has 27 heavy (non-hydrogen) atoms. The van der Waals surface area contributed by atoms with Crippen molar-refractivity contribution in [2.45, 2.75) is 19.6 Å². The van der Waals surface area contributed by atoms with Gasteiger partial charge in [-0.3, -0.25) is 4.79 Å². The molecule has 8 heteroatoms. The second-order valence-electron chi connectivity index (χ2n) is 5.42. The summed E-state index contributed by atoms with van der Waals surface area (Å²) in [5.41, 5.74) is 0.353. The summed E-state index contributed by atoms with van der Waals surface area (Å²) in [5.74, 6) is -0.494. The molecule has 144 valence electrons. The molecule has 0 fully saturated rings. The Morgan fingerprint density at radius 3 is 1.89 bits per heavy atom. The predicted octanol–water partition coefficient (Wildman–Crippen LogP) is 3.73. The highest BCUT2D eigenvalue weighted by Gasteiger charge is 2.21. The van der Waals surface area contributed by atoms with E-state index in [1.807, 2.05) is 0 Å². The Morgan fingerprint density at radius 1 is 0.852 bits per heavy atom. The molecule has 0 aromatic heterocycles. The van der Waals surface area contributed by atoms with Crippen molar-refractivity contribution in [2.75, 3.05) is 14.2 Å². The maximum absolute atomic E-state index is 12.4. The van der Waals surface area contributed by atoms with E-state index in [0.29, 0.717) is 11.5 Å². The molecule has 2 aromatic rings. The SMILES string of the molecule is COc1cc(OC)cc(C(=O)O[C@@H](C)C(=O)c2ccc(OC(F)F)cc2)c1. The highest BCUT2D eigenvalue weighted by Crippen LogP contribution is 2.23. The van der Waals surface area contributed by atoms with E-state index in [9.17, 15) is 18.4 Å². The summed E-state index contributed by atoms with van der Waals surface area (Å²) in [6.07, 6.45) is -1.09.